The molecule has 23 heavy (non-hydrogen) atoms. The van der Waals surface area contributed by atoms with E-state index in [1.54, 1.807) is 21.0 Å². The molecule has 3 aliphatic rings. The number of likely N-dealkylation sites (N-methyl/N-ethyl adjacent to an activating group) is 2. The minimum atomic E-state index is -2.23. The summed E-state index contributed by atoms with van der Waals surface area (Å²) in [5.41, 5.74) is 0. The molecule has 0 spiro atoms. The number of ether oxygens (including phenoxy) is 3. The largest absolute Gasteiger partial charge is 0.390 e. The lowest BCUT2D eigenvalue weighted by molar-refractivity contribution is -0.420. The van der Waals surface area contributed by atoms with Crippen molar-refractivity contribution in [2.75, 3.05) is 14.1 Å². The van der Waals surface area contributed by atoms with Gasteiger partial charge in [0.05, 0.1) is 24.3 Å². The number of aliphatic hydroxyl groups is 3. The summed E-state index contributed by atoms with van der Waals surface area (Å²) < 4.78 is 16.8. The van der Waals surface area contributed by atoms with Gasteiger partial charge in [0.15, 0.2) is 5.78 Å². The van der Waals surface area contributed by atoms with Crippen LogP contribution in [0.3, 0.4) is 0 Å². The topological polar surface area (TPSA) is 130 Å². The number of ketones is 1. The second-order valence-corrected chi connectivity index (χ2v) is 6.40. The Morgan fingerprint density at radius 1 is 1.09 bits per heavy atom. The maximum Gasteiger partial charge on any atom is 0.280 e. The Morgan fingerprint density at radius 3 is 2.35 bits per heavy atom. The van der Waals surface area contributed by atoms with Gasteiger partial charge in [-0.2, -0.15) is 0 Å². The highest BCUT2D eigenvalue weighted by Crippen LogP contribution is 2.40. The van der Waals surface area contributed by atoms with Crippen molar-refractivity contribution in [3.05, 3.63) is 0 Å². The summed E-state index contributed by atoms with van der Waals surface area (Å²) in [4.78, 5) is 12.2. The van der Waals surface area contributed by atoms with E-state index in [0.717, 1.165) is 0 Å². The molecule has 0 radical (unpaired) electrons. The van der Waals surface area contributed by atoms with E-state index in [-0.39, 0.29) is 6.42 Å². The first kappa shape index (κ1) is 17.2. The molecule has 9 heteroatoms. The molecular formula is C14H24N2O7. The van der Waals surface area contributed by atoms with E-state index in [1.807, 2.05) is 0 Å². The molecule has 1 aliphatic carbocycles. The van der Waals surface area contributed by atoms with Gasteiger partial charge in [-0.05, 0) is 21.0 Å². The number of hydrogen-bond acceptors (Lipinski definition) is 9. The zero-order chi connectivity index (χ0) is 16.9. The summed E-state index contributed by atoms with van der Waals surface area (Å²) in [6.45, 7) is 1.70. The van der Waals surface area contributed by atoms with Gasteiger partial charge in [-0.1, -0.05) is 0 Å². The molecule has 0 aromatic carbocycles. The monoisotopic (exact) mass is 332 g/mol. The van der Waals surface area contributed by atoms with Gasteiger partial charge in [-0.15, -0.1) is 0 Å². The van der Waals surface area contributed by atoms with Crippen molar-refractivity contribution in [1.29, 1.82) is 0 Å². The predicted octanol–water partition coefficient (Wildman–Crippen LogP) is -2.93. The Labute approximate surface area is 133 Å². The third-order valence-corrected chi connectivity index (χ3v) is 4.93. The molecule has 2 aliphatic heterocycles. The van der Waals surface area contributed by atoms with Crippen molar-refractivity contribution < 1.29 is 34.3 Å². The van der Waals surface area contributed by atoms with Crippen molar-refractivity contribution in [3.63, 3.8) is 0 Å². The lowest BCUT2D eigenvalue weighted by Gasteiger charge is -2.55. The average Bonchev–Trinajstić information content (AvgIpc) is 2.49. The molecule has 132 valence electrons. The second kappa shape index (κ2) is 6.01. The predicted molar refractivity (Wildman–Crippen MR) is 76.4 cm³/mol. The van der Waals surface area contributed by atoms with Crippen LogP contribution in [0.4, 0.5) is 0 Å². The van der Waals surface area contributed by atoms with E-state index in [1.165, 1.54) is 0 Å². The number of carbonyl (C=O) groups excluding carboxylic acids is 1. The number of carbonyl (C=O) groups is 1. The Hall–Kier alpha value is -0.650. The quantitative estimate of drug-likeness (QED) is 0.361. The number of hydrogen-bond donors (Lipinski definition) is 5. The van der Waals surface area contributed by atoms with Crippen LogP contribution in [-0.4, -0.2) is 89.9 Å². The third kappa shape index (κ3) is 2.52. The van der Waals surface area contributed by atoms with Gasteiger partial charge in [-0.3, -0.25) is 4.79 Å². The summed E-state index contributed by atoms with van der Waals surface area (Å²) in [6.07, 6.45) is -5.58. The molecule has 1 saturated carbocycles. The van der Waals surface area contributed by atoms with E-state index >= 15 is 0 Å². The minimum absolute atomic E-state index is 0.00220. The Balaban J connectivity index is 1.92. The van der Waals surface area contributed by atoms with Crippen LogP contribution >= 0.6 is 0 Å². The second-order valence-electron chi connectivity index (χ2n) is 6.40. The minimum Gasteiger partial charge on any atom is -0.390 e. The van der Waals surface area contributed by atoms with Gasteiger partial charge in [0.25, 0.3) is 5.79 Å². The summed E-state index contributed by atoms with van der Waals surface area (Å²) >= 11 is 0. The Bertz CT molecular complexity index is 478. The molecule has 0 aromatic heterocycles. The molecule has 3 fully saturated rings. The standard InChI is InChI=1S/C14H24N2O7/c1-5-4-6(17)14(20)13(21-5)22-12-10(19)7(15-2)9(18)8(16-3)11(12)23-14/h5,7-13,15-16,18-20H,4H2,1-3H3/t5-,7-,8+,9+,10+,11?,12?,13?,14+/m1/s1. The number of aliphatic hydroxyl groups excluding tert-OH is 2. The molecule has 0 bridgehead atoms. The van der Waals surface area contributed by atoms with Gasteiger partial charge in [0.1, 0.15) is 18.3 Å². The average molecular weight is 332 g/mol. The molecule has 9 atom stereocenters. The molecule has 3 unspecified atom stereocenters. The van der Waals surface area contributed by atoms with Gasteiger partial charge in [0.2, 0.25) is 6.29 Å². The smallest absolute Gasteiger partial charge is 0.280 e. The normalized spacial score (nSPS) is 53.6. The maximum atomic E-state index is 12.2. The van der Waals surface area contributed by atoms with E-state index in [9.17, 15) is 20.1 Å². The van der Waals surface area contributed by atoms with E-state index in [2.05, 4.69) is 10.6 Å². The van der Waals surface area contributed by atoms with Crippen molar-refractivity contribution >= 4 is 5.78 Å². The van der Waals surface area contributed by atoms with Crippen LogP contribution in [-0.2, 0) is 19.0 Å². The summed E-state index contributed by atoms with van der Waals surface area (Å²) in [7, 11) is 3.24. The van der Waals surface area contributed by atoms with Gasteiger partial charge in [0, 0.05) is 6.42 Å². The first-order chi connectivity index (χ1) is 10.8. The summed E-state index contributed by atoms with van der Waals surface area (Å²) in [6, 6.07) is -1.29. The van der Waals surface area contributed by atoms with Crippen LogP contribution in [0, 0.1) is 0 Å². The van der Waals surface area contributed by atoms with Crippen LogP contribution < -0.4 is 10.6 Å². The number of fused-ring (bicyclic) bond motifs is 2. The summed E-state index contributed by atoms with van der Waals surface area (Å²) in [5, 5.41) is 37.2. The van der Waals surface area contributed by atoms with Crippen molar-refractivity contribution in [1.82, 2.24) is 10.6 Å². The number of Topliss-reactive ketones (excluding diaryl/α,β-unsaturated/α-hetero) is 1. The highest BCUT2D eigenvalue weighted by Gasteiger charge is 2.63. The maximum absolute atomic E-state index is 12.2. The molecule has 0 aromatic rings. The lowest BCUT2D eigenvalue weighted by atomic mass is 9.80. The fourth-order valence-electron chi connectivity index (χ4n) is 3.68. The number of rotatable bonds is 2. The lowest BCUT2D eigenvalue weighted by Crippen LogP contribution is -2.77. The fourth-order valence-corrected chi connectivity index (χ4v) is 3.68. The van der Waals surface area contributed by atoms with Crippen molar-refractivity contribution in [3.8, 4) is 0 Å². The molecule has 0 amide bonds. The molecule has 2 saturated heterocycles. The van der Waals surface area contributed by atoms with Crippen LogP contribution in [0.25, 0.3) is 0 Å². The van der Waals surface area contributed by atoms with E-state index in [0.29, 0.717) is 0 Å². The molecule has 5 N–H and O–H groups in total. The number of nitrogens with one attached hydrogen (secondary N) is 2. The van der Waals surface area contributed by atoms with Crippen LogP contribution in [0.5, 0.6) is 0 Å². The van der Waals surface area contributed by atoms with Crippen molar-refractivity contribution in [2.24, 2.45) is 0 Å². The van der Waals surface area contributed by atoms with Gasteiger partial charge < -0.3 is 40.2 Å². The Kier molecular flexibility index (Phi) is 4.49. The highest BCUT2D eigenvalue weighted by atomic mass is 16.8. The van der Waals surface area contributed by atoms with Gasteiger partial charge >= 0.3 is 0 Å². The zero-order valence-electron chi connectivity index (χ0n) is 13.3. The molecule has 3 rings (SSSR count). The zero-order valence-corrected chi connectivity index (χ0v) is 13.3. The first-order valence-electron chi connectivity index (χ1n) is 7.78. The van der Waals surface area contributed by atoms with Crippen molar-refractivity contribution in [2.45, 2.75) is 68.0 Å². The highest BCUT2D eigenvalue weighted by molar-refractivity contribution is 5.87. The van der Waals surface area contributed by atoms with E-state index < -0.39 is 60.5 Å². The molecule has 9 nitrogen and oxygen atoms in total. The van der Waals surface area contributed by atoms with Crippen LogP contribution in [0.15, 0.2) is 0 Å². The third-order valence-electron chi connectivity index (χ3n) is 4.93. The SMILES string of the molecule is CN[C@@H]1[C@H](O)[C@H](NC)C2O[C@@]3(O)C(=O)C[C@@H](C)OC3OC2[C@H]1O. The van der Waals surface area contributed by atoms with Gasteiger partial charge in [-0.25, -0.2) is 0 Å². The van der Waals surface area contributed by atoms with Crippen LogP contribution in [0.1, 0.15) is 13.3 Å². The van der Waals surface area contributed by atoms with E-state index in [4.69, 9.17) is 14.2 Å². The molecular weight excluding hydrogens is 308 g/mol. The molecule has 2 heterocycles. The summed E-state index contributed by atoms with van der Waals surface area (Å²) in [5.74, 6) is -2.76. The Morgan fingerprint density at radius 2 is 1.74 bits per heavy atom. The first-order valence-corrected chi connectivity index (χ1v) is 7.78. The van der Waals surface area contributed by atoms with Crippen LogP contribution in [0.2, 0.25) is 0 Å². The fraction of sp³-hybridized carbons (Fsp3) is 0.929.